The van der Waals surface area contributed by atoms with Crippen molar-refractivity contribution in [3.8, 4) is 22.9 Å². The largest absolute Gasteiger partial charge is 0.494 e. The van der Waals surface area contributed by atoms with Crippen LogP contribution in [0.3, 0.4) is 0 Å². The molecule has 6 nitrogen and oxygen atoms in total. The third kappa shape index (κ3) is 11.3. The predicted octanol–water partition coefficient (Wildman–Crippen LogP) is 7.32. The molecule has 0 fully saturated rings. The van der Waals surface area contributed by atoms with Crippen LogP contribution < -0.4 is 9.47 Å². The first kappa shape index (κ1) is 29.4. The highest BCUT2D eigenvalue weighted by molar-refractivity contribution is 5.69. The lowest BCUT2D eigenvalue weighted by atomic mass is 10.1. The summed E-state index contributed by atoms with van der Waals surface area (Å²) in [6, 6.07) is 10.4. The predicted molar refractivity (Wildman–Crippen MR) is 132 cm³/mol. The number of esters is 1. The number of unbranched alkanes of at least 4 members (excludes halogenated alkanes) is 7. The van der Waals surface area contributed by atoms with Crippen molar-refractivity contribution in [2.24, 2.45) is 0 Å². The number of alkyl halides is 3. The van der Waals surface area contributed by atoms with Gasteiger partial charge in [0.05, 0.1) is 12.3 Å². The van der Waals surface area contributed by atoms with Gasteiger partial charge < -0.3 is 14.2 Å². The zero-order valence-corrected chi connectivity index (χ0v) is 21.2. The Hall–Kier alpha value is -2.84. The van der Waals surface area contributed by atoms with Gasteiger partial charge in [-0.05, 0) is 43.2 Å². The molecule has 2 aromatic rings. The fraction of sp³-hybridized carbons (Fsp3) is 0.593. The van der Waals surface area contributed by atoms with E-state index in [9.17, 15) is 18.0 Å². The molecule has 1 aromatic heterocycles. The molecule has 1 heterocycles. The van der Waals surface area contributed by atoms with Crippen LogP contribution in [0, 0.1) is 0 Å². The summed E-state index contributed by atoms with van der Waals surface area (Å²) in [6.45, 7) is 3.97. The smallest absolute Gasteiger partial charge is 0.428 e. The van der Waals surface area contributed by atoms with Crippen LogP contribution >= 0.6 is 0 Å². The molecule has 0 bridgehead atoms. The van der Waals surface area contributed by atoms with Crippen molar-refractivity contribution in [3.05, 3.63) is 36.4 Å². The van der Waals surface area contributed by atoms with Crippen LogP contribution in [0.4, 0.5) is 13.2 Å². The molecule has 0 aliphatic rings. The highest BCUT2D eigenvalue weighted by Crippen LogP contribution is 2.25. The van der Waals surface area contributed by atoms with E-state index in [0.717, 1.165) is 43.4 Å². The van der Waals surface area contributed by atoms with E-state index in [-0.39, 0.29) is 12.3 Å². The molecule has 0 radical (unpaired) electrons. The number of benzene rings is 1. The first-order valence-electron chi connectivity index (χ1n) is 12.8. The van der Waals surface area contributed by atoms with Crippen molar-refractivity contribution in [3.63, 3.8) is 0 Å². The Bertz CT molecular complexity index is 874. The Kier molecular flexibility index (Phi) is 13.1. The fourth-order valence-corrected chi connectivity index (χ4v) is 3.44. The average molecular weight is 511 g/mol. The number of hydrogen-bond donors (Lipinski definition) is 0. The van der Waals surface area contributed by atoms with E-state index in [1.807, 2.05) is 31.2 Å². The lowest BCUT2D eigenvalue weighted by Crippen LogP contribution is -2.38. The Morgan fingerprint density at radius 3 is 2.11 bits per heavy atom. The maximum atomic E-state index is 13.3. The highest BCUT2D eigenvalue weighted by atomic mass is 19.4. The molecule has 1 aromatic carbocycles. The molecule has 36 heavy (non-hydrogen) atoms. The topological polar surface area (TPSA) is 70.5 Å². The van der Waals surface area contributed by atoms with Crippen LogP contribution in [-0.4, -0.2) is 41.7 Å². The fourth-order valence-electron chi connectivity index (χ4n) is 3.44. The van der Waals surface area contributed by atoms with Crippen LogP contribution in [-0.2, 0) is 9.53 Å². The van der Waals surface area contributed by atoms with Gasteiger partial charge in [0, 0.05) is 18.1 Å². The molecule has 1 atom stereocenters. The molecule has 0 N–H and O–H groups in total. The van der Waals surface area contributed by atoms with E-state index in [1.165, 1.54) is 25.3 Å². The number of ether oxygens (including phenoxy) is 3. The first-order valence-corrected chi connectivity index (χ1v) is 12.8. The molecule has 0 spiro atoms. The van der Waals surface area contributed by atoms with Gasteiger partial charge in [-0.3, -0.25) is 4.79 Å². The maximum absolute atomic E-state index is 13.3. The minimum absolute atomic E-state index is 0.0517. The van der Waals surface area contributed by atoms with Gasteiger partial charge in [-0.2, -0.15) is 13.2 Å². The molecule has 0 aliphatic carbocycles. The standard InChI is InChI=1S/C27H37F3N2O4/c1-3-5-7-9-11-19-34-22-15-13-21(14-16-22)23-17-18-25(32-31-23)35-20-24(27(28,29)30)36-26(33)12-10-8-6-4-2/h13-18,24H,3-12,19-20H2,1-2H3. The number of carbonyl (C=O) groups excluding carboxylic acids is 1. The average Bonchev–Trinajstić information content (AvgIpc) is 2.86. The Labute approximate surface area is 211 Å². The number of rotatable bonds is 17. The summed E-state index contributed by atoms with van der Waals surface area (Å²) < 4.78 is 55.4. The molecular formula is C27H37F3N2O4. The van der Waals surface area contributed by atoms with Crippen molar-refractivity contribution < 1.29 is 32.2 Å². The highest BCUT2D eigenvalue weighted by Gasteiger charge is 2.43. The van der Waals surface area contributed by atoms with E-state index in [1.54, 1.807) is 6.07 Å². The number of nitrogens with zero attached hydrogens (tertiary/aromatic N) is 2. The van der Waals surface area contributed by atoms with Crippen molar-refractivity contribution in [1.82, 2.24) is 10.2 Å². The van der Waals surface area contributed by atoms with Crippen molar-refractivity contribution in [2.75, 3.05) is 13.2 Å². The second-order valence-electron chi connectivity index (χ2n) is 8.69. The Morgan fingerprint density at radius 2 is 1.50 bits per heavy atom. The third-order valence-electron chi connectivity index (χ3n) is 5.56. The first-order chi connectivity index (χ1) is 17.3. The van der Waals surface area contributed by atoms with Gasteiger partial charge in [0.25, 0.3) is 0 Å². The van der Waals surface area contributed by atoms with E-state index < -0.39 is 24.9 Å². The van der Waals surface area contributed by atoms with E-state index >= 15 is 0 Å². The van der Waals surface area contributed by atoms with E-state index in [2.05, 4.69) is 21.9 Å². The normalized spacial score (nSPS) is 12.2. The second-order valence-corrected chi connectivity index (χ2v) is 8.69. The second kappa shape index (κ2) is 16.0. The zero-order chi connectivity index (χ0) is 26.2. The van der Waals surface area contributed by atoms with Gasteiger partial charge in [0.15, 0.2) is 0 Å². The lowest BCUT2D eigenvalue weighted by Gasteiger charge is -2.20. The Balaban J connectivity index is 1.83. The minimum Gasteiger partial charge on any atom is -0.494 e. The number of halogens is 3. The molecular weight excluding hydrogens is 473 g/mol. The molecule has 0 aliphatic heterocycles. The van der Waals surface area contributed by atoms with Crippen molar-refractivity contribution >= 4 is 5.97 Å². The van der Waals surface area contributed by atoms with Crippen LogP contribution in [0.25, 0.3) is 11.3 Å². The van der Waals surface area contributed by atoms with Gasteiger partial charge in [-0.15, -0.1) is 10.2 Å². The quantitative estimate of drug-likeness (QED) is 0.164. The summed E-state index contributed by atoms with van der Waals surface area (Å²) in [5.74, 6) is -0.211. The van der Waals surface area contributed by atoms with Gasteiger partial charge in [0.1, 0.15) is 12.4 Å². The molecule has 200 valence electrons. The van der Waals surface area contributed by atoms with Crippen molar-refractivity contribution in [1.29, 1.82) is 0 Å². The summed E-state index contributed by atoms with van der Waals surface area (Å²) in [4.78, 5) is 11.8. The maximum Gasteiger partial charge on any atom is 0.428 e. The van der Waals surface area contributed by atoms with Gasteiger partial charge in [-0.25, -0.2) is 0 Å². The van der Waals surface area contributed by atoms with Crippen LogP contribution in [0.5, 0.6) is 11.6 Å². The van der Waals surface area contributed by atoms with Gasteiger partial charge >= 0.3 is 12.1 Å². The van der Waals surface area contributed by atoms with Crippen LogP contribution in [0.15, 0.2) is 36.4 Å². The molecule has 2 rings (SSSR count). The minimum atomic E-state index is -4.74. The molecule has 0 saturated carbocycles. The molecule has 0 amide bonds. The zero-order valence-electron chi connectivity index (χ0n) is 21.2. The van der Waals surface area contributed by atoms with E-state index in [4.69, 9.17) is 9.47 Å². The lowest BCUT2D eigenvalue weighted by molar-refractivity contribution is -0.227. The van der Waals surface area contributed by atoms with Crippen LogP contribution in [0.1, 0.15) is 78.1 Å². The SMILES string of the molecule is CCCCCCCOc1ccc(-c2ccc(OCC(OC(=O)CCCCCC)C(F)(F)F)nn2)cc1. The van der Waals surface area contributed by atoms with Gasteiger partial charge in [-0.1, -0.05) is 58.8 Å². The number of hydrogen-bond acceptors (Lipinski definition) is 6. The summed E-state index contributed by atoms with van der Waals surface area (Å²) in [5, 5.41) is 7.89. The monoisotopic (exact) mass is 510 g/mol. The molecule has 0 saturated heterocycles. The summed E-state index contributed by atoms with van der Waals surface area (Å²) in [6.07, 6.45) is 1.84. The Morgan fingerprint density at radius 1 is 0.833 bits per heavy atom. The number of carbonyl (C=O) groups is 1. The molecule has 9 heteroatoms. The van der Waals surface area contributed by atoms with E-state index in [0.29, 0.717) is 18.7 Å². The number of aromatic nitrogens is 2. The molecule has 1 unspecified atom stereocenters. The summed E-state index contributed by atoms with van der Waals surface area (Å²) >= 11 is 0. The third-order valence-corrected chi connectivity index (χ3v) is 5.56. The van der Waals surface area contributed by atoms with Crippen molar-refractivity contribution in [2.45, 2.75) is 90.3 Å². The van der Waals surface area contributed by atoms with Crippen LogP contribution in [0.2, 0.25) is 0 Å². The van der Waals surface area contributed by atoms with Gasteiger partial charge in [0.2, 0.25) is 12.0 Å². The summed E-state index contributed by atoms with van der Waals surface area (Å²) in [7, 11) is 0. The summed E-state index contributed by atoms with van der Waals surface area (Å²) in [5.41, 5.74) is 1.33.